The highest BCUT2D eigenvalue weighted by atomic mass is 35.5. The van der Waals surface area contributed by atoms with E-state index >= 15 is 0 Å². The van der Waals surface area contributed by atoms with Crippen LogP contribution in [0.1, 0.15) is 17.3 Å². The maximum absolute atomic E-state index is 12.0. The molecule has 1 atom stereocenters. The van der Waals surface area contributed by atoms with Gasteiger partial charge in [-0.3, -0.25) is 9.78 Å². The Hall–Kier alpha value is -2.40. The van der Waals surface area contributed by atoms with E-state index in [2.05, 4.69) is 10.3 Å². The molecule has 0 fully saturated rings. The minimum absolute atomic E-state index is 0.287. The summed E-state index contributed by atoms with van der Waals surface area (Å²) < 4.78 is 5.08. The highest BCUT2D eigenvalue weighted by molar-refractivity contribution is 6.33. The fourth-order valence-electron chi connectivity index (χ4n) is 1.56. The summed E-state index contributed by atoms with van der Waals surface area (Å²) in [6.45, 7) is 1.49. The van der Waals surface area contributed by atoms with Gasteiger partial charge in [0.15, 0.2) is 6.10 Å². The van der Waals surface area contributed by atoms with Gasteiger partial charge in [0.25, 0.3) is 5.91 Å². The lowest BCUT2D eigenvalue weighted by Crippen LogP contribution is -2.30. The van der Waals surface area contributed by atoms with Gasteiger partial charge in [-0.2, -0.15) is 0 Å². The Bertz CT molecular complexity index is 646. The molecule has 1 N–H and O–H groups in total. The number of rotatable bonds is 4. The van der Waals surface area contributed by atoms with Crippen LogP contribution < -0.4 is 5.32 Å². The highest BCUT2D eigenvalue weighted by Crippen LogP contribution is 2.20. The van der Waals surface area contributed by atoms with Gasteiger partial charge in [-0.25, -0.2) is 4.79 Å². The number of aromatic nitrogens is 1. The molecule has 0 aliphatic rings. The molecule has 0 aliphatic carbocycles. The summed E-state index contributed by atoms with van der Waals surface area (Å²) in [5.74, 6) is -1.06. The first-order valence-corrected chi connectivity index (χ1v) is 6.62. The zero-order chi connectivity index (χ0) is 15.2. The number of halogens is 1. The average molecular weight is 305 g/mol. The Balaban J connectivity index is 1.97. The van der Waals surface area contributed by atoms with Crippen LogP contribution in [0.4, 0.5) is 5.69 Å². The lowest BCUT2D eigenvalue weighted by atomic mass is 10.2. The van der Waals surface area contributed by atoms with Gasteiger partial charge >= 0.3 is 5.97 Å². The van der Waals surface area contributed by atoms with Gasteiger partial charge in [0.2, 0.25) is 0 Å². The predicted molar refractivity (Wildman–Crippen MR) is 79.2 cm³/mol. The monoisotopic (exact) mass is 304 g/mol. The predicted octanol–water partition coefficient (Wildman–Crippen LogP) is 2.92. The summed E-state index contributed by atoms with van der Waals surface area (Å²) in [5, 5.41) is 3.02. The number of hydrogen-bond donors (Lipinski definition) is 1. The number of nitrogens with one attached hydrogen (secondary N) is 1. The fourth-order valence-corrected chi connectivity index (χ4v) is 1.75. The van der Waals surface area contributed by atoms with Crippen molar-refractivity contribution in [3.63, 3.8) is 0 Å². The van der Waals surface area contributed by atoms with Gasteiger partial charge in [-0.05, 0) is 31.2 Å². The number of carbonyl (C=O) groups excluding carboxylic acids is 2. The number of amides is 1. The summed E-state index contributed by atoms with van der Waals surface area (Å²) in [6, 6.07) is 10.00. The summed E-state index contributed by atoms with van der Waals surface area (Å²) in [4.78, 5) is 27.6. The van der Waals surface area contributed by atoms with E-state index in [4.69, 9.17) is 16.3 Å². The Kier molecular flexibility index (Phi) is 4.90. The second-order valence-corrected chi connectivity index (χ2v) is 4.67. The SMILES string of the molecule is CC(OC(=O)c1cccnc1)C(=O)Nc1ccccc1Cl. The molecule has 5 nitrogen and oxygen atoms in total. The van der Waals surface area contributed by atoms with Crippen LogP contribution in [-0.2, 0) is 9.53 Å². The number of hydrogen-bond acceptors (Lipinski definition) is 4. The minimum Gasteiger partial charge on any atom is -0.449 e. The first kappa shape index (κ1) is 15.0. The first-order chi connectivity index (χ1) is 10.1. The largest absolute Gasteiger partial charge is 0.449 e. The lowest BCUT2D eigenvalue weighted by molar-refractivity contribution is -0.123. The summed E-state index contributed by atoms with van der Waals surface area (Å²) >= 11 is 5.94. The molecule has 1 aromatic heterocycles. The van der Waals surface area contributed by atoms with Crippen LogP contribution in [0.15, 0.2) is 48.8 Å². The van der Waals surface area contributed by atoms with Crippen LogP contribution in [0, 0.1) is 0 Å². The van der Waals surface area contributed by atoms with Gasteiger partial charge in [0.1, 0.15) is 0 Å². The number of pyridine rings is 1. The van der Waals surface area contributed by atoms with Gasteiger partial charge < -0.3 is 10.1 Å². The molecule has 0 radical (unpaired) electrons. The standard InChI is InChI=1S/C15H13ClN2O3/c1-10(21-15(20)11-5-4-8-17-9-11)14(19)18-13-7-3-2-6-12(13)16/h2-10H,1H3,(H,18,19). The van der Waals surface area contributed by atoms with Crippen molar-refractivity contribution in [1.82, 2.24) is 4.98 Å². The zero-order valence-electron chi connectivity index (χ0n) is 11.2. The Labute approximate surface area is 126 Å². The number of benzene rings is 1. The number of carbonyl (C=O) groups is 2. The van der Waals surface area contributed by atoms with Crippen molar-refractivity contribution in [1.29, 1.82) is 0 Å². The molecule has 2 aromatic rings. The zero-order valence-corrected chi connectivity index (χ0v) is 12.0. The van der Waals surface area contributed by atoms with Crippen LogP contribution in [0.25, 0.3) is 0 Å². The number of ether oxygens (including phenoxy) is 1. The van der Waals surface area contributed by atoms with E-state index in [-0.39, 0.29) is 5.56 Å². The molecule has 0 saturated carbocycles. The van der Waals surface area contributed by atoms with E-state index in [1.165, 1.54) is 13.1 Å². The summed E-state index contributed by atoms with van der Waals surface area (Å²) in [7, 11) is 0. The maximum Gasteiger partial charge on any atom is 0.340 e. The van der Waals surface area contributed by atoms with Crippen LogP contribution >= 0.6 is 11.6 Å². The third-order valence-electron chi connectivity index (χ3n) is 2.68. The average Bonchev–Trinajstić information content (AvgIpc) is 2.50. The van der Waals surface area contributed by atoms with E-state index in [9.17, 15) is 9.59 Å². The Morgan fingerprint density at radius 3 is 2.67 bits per heavy atom. The van der Waals surface area contributed by atoms with Crippen molar-refractivity contribution in [2.45, 2.75) is 13.0 Å². The molecule has 0 bridgehead atoms. The molecule has 1 heterocycles. The number of nitrogens with zero attached hydrogens (tertiary/aromatic N) is 1. The van der Waals surface area contributed by atoms with Crippen molar-refractivity contribution >= 4 is 29.2 Å². The van der Waals surface area contributed by atoms with E-state index in [1.54, 1.807) is 42.6 Å². The molecule has 1 aromatic carbocycles. The highest BCUT2D eigenvalue weighted by Gasteiger charge is 2.19. The second kappa shape index (κ2) is 6.85. The van der Waals surface area contributed by atoms with E-state index in [0.717, 1.165) is 0 Å². The van der Waals surface area contributed by atoms with Crippen LogP contribution in [-0.4, -0.2) is 23.0 Å². The van der Waals surface area contributed by atoms with Crippen molar-refractivity contribution in [3.8, 4) is 0 Å². The first-order valence-electron chi connectivity index (χ1n) is 6.24. The third kappa shape index (κ3) is 4.03. The lowest BCUT2D eigenvalue weighted by Gasteiger charge is -2.14. The third-order valence-corrected chi connectivity index (χ3v) is 3.01. The van der Waals surface area contributed by atoms with Crippen molar-refractivity contribution in [3.05, 3.63) is 59.4 Å². The summed E-state index contributed by atoms with van der Waals surface area (Å²) in [5.41, 5.74) is 0.753. The molecule has 6 heteroatoms. The van der Waals surface area contributed by atoms with Crippen LogP contribution in [0.5, 0.6) is 0 Å². The molecule has 0 saturated heterocycles. The van der Waals surface area contributed by atoms with Crippen LogP contribution in [0.3, 0.4) is 0 Å². The van der Waals surface area contributed by atoms with Crippen molar-refractivity contribution < 1.29 is 14.3 Å². The number of para-hydroxylation sites is 1. The molecule has 108 valence electrons. The minimum atomic E-state index is -0.950. The topological polar surface area (TPSA) is 68.3 Å². The van der Waals surface area contributed by atoms with E-state index < -0.39 is 18.0 Å². The molecule has 1 amide bonds. The van der Waals surface area contributed by atoms with Crippen LogP contribution in [0.2, 0.25) is 5.02 Å². The fraction of sp³-hybridized carbons (Fsp3) is 0.133. The van der Waals surface area contributed by atoms with Gasteiger partial charge in [0, 0.05) is 12.4 Å². The Morgan fingerprint density at radius 2 is 2.00 bits per heavy atom. The normalized spacial score (nSPS) is 11.5. The molecule has 0 aliphatic heterocycles. The van der Waals surface area contributed by atoms with E-state index in [1.807, 2.05) is 0 Å². The molecule has 1 unspecified atom stereocenters. The second-order valence-electron chi connectivity index (χ2n) is 4.26. The van der Waals surface area contributed by atoms with Crippen molar-refractivity contribution in [2.75, 3.05) is 5.32 Å². The van der Waals surface area contributed by atoms with Gasteiger partial charge in [0.05, 0.1) is 16.3 Å². The number of esters is 1. The Morgan fingerprint density at radius 1 is 1.24 bits per heavy atom. The van der Waals surface area contributed by atoms with Gasteiger partial charge in [-0.1, -0.05) is 23.7 Å². The maximum atomic E-state index is 12.0. The quantitative estimate of drug-likeness (QED) is 0.882. The smallest absolute Gasteiger partial charge is 0.340 e. The summed E-state index contributed by atoms with van der Waals surface area (Å²) in [6.07, 6.45) is 1.97. The molecule has 2 rings (SSSR count). The van der Waals surface area contributed by atoms with E-state index in [0.29, 0.717) is 10.7 Å². The number of anilines is 1. The molecule has 21 heavy (non-hydrogen) atoms. The molecular formula is C15H13ClN2O3. The molecular weight excluding hydrogens is 292 g/mol. The van der Waals surface area contributed by atoms with Gasteiger partial charge in [-0.15, -0.1) is 0 Å². The molecule has 0 spiro atoms. The van der Waals surface area contributed by atoms with Crippen molar-refractivity contribution in [2.24, 2.45) is 0 Å².